The smallest absolute Gasteiger partial charge is 0.287 e. The second-order valence-corrected chi connectivity index (χ2v) is 6.25. The van der Waals surface area contributed by atoms with E-state index in [0.29, 0.717) is 6.54 Å². The van der Waals surface area contributed by atoms with E-state index < -0.39 is 5.56 Å². The van der Waals surface area contributed by atoms with Gasteiger partial charge in [0.25, 0.3) is 5.56 Å². The van der Waals surface area contributed by atoms with Crippen LogP contribution in [0.3, 0.4) is 0 Å². The van der Waals surface area contributed by atoms with Gasteiger partial charge in [-0.05, 0) is 11.6 Å². The van der Waals surface area contributed by atoms with Crippen molar-refractivity contribution in [1.82, 2.24) is 14.7 Å². The van der Waals surface area contributed by atoms with Gasteiger partial charge in [0.1, 0.15) is 11.6 Å². The van der Waals surface area contributed by atoms with Crippen LogP contribution in [0.1, 0.15) is 5.56 Å². The second kappa shape index (κ2) is 7.26. The molecule has 8 heteroatoms. The highest BCUT2D eigenvalue weighted by molar-refractivity contribution is 9.10. The van der Waals surface area contributed by atoms with E-state index in [4.69, 9.17) is 23.2 Å². The van der Waals surface area contributed by atoms with Crippen LogP contribution < -0.4 is 5.56 Å². The normalized spacial score (nSPS) is 10.5. The number of aromatic nitrogens is 2. The number of halogens is 3. The third kappa shape index (κ3) is 3.88. The van der Waals surface area contributed by atoms with Crippen molar-refractivity contribution in [3.05, 3.63) is 60.9 Å². The van der Waals surface area contributed by atoms with Crippen LogP contribution in [-0.2, 0) is 17.9 Å². The summed E-state index contributed by atoms with van der Waals surface area (Å²) in [4.78, 5) is 25.6. The molecule has 0 bridgehead atoms. The molecule has 1 aromatic heterocycles. The predicted molar refractivity (Wildman–Crippen MR) is 89.1 cm³/mol. The summed E-state index contributed by atoms with van der Waals surface area (Å²) in [5, 5.41) is 3.74. The van der Waals surface area contributed by atoms with Crippen LogP contribution in [0.25, 0.3) is 0 Å². The minimum absolute atomic E-state index is 0.0666. The van der Waals surface area contributed by atoms with Crippen molar-refractivity contribution < 1.29 is 4.79 Å². The summed E-state index contributed by atoms with van der Waals surface area (Å²) >= 11 is 14.9. The zero-order chi connectivity index (χ0) is 16.3. The monoisotopic (exact) mass is 403 g/mol. The van der Waals surface area contributed by atoms with Crippen LogP contribution >= 0.6 is 39.1 Å². The maximum absolute atomic E-state index is 12.2. The van der Waals surface area contributed by atoms with Crippen molar-refractivity contribution in [2.24, 2.45) is 0 Å². The maximum atomic E-state index is 12.2. The first-order chi connectivity index (χ1) is 10.4. The van der Waals surface area contributed by atoms with Gasteiger partial charge in [-0.15, -0.1) is 0 Å². The first kappa shape index (κ1) is 17.0. The lowest BCUT2D eigenvalue weighted by atomic mass is 10.2. The van der Waals surface area contributed by atoms with Crippen LogP contribution in [0.2, 0.25) is 10.0 Å². The van der Waals surface area contributed by atoms with Gasteiger partial charge in [-0.1, -0.05) is 57.3 Å². The molecule has 2 rings (SSSR count). The summed E-state index contributed by atoms with van der Waals surface area (Å²) in [5.74, 6) is -0.260. The van der Waals surface area contributed by atoms with Crippen molar-refractivity contribution in [2.75, 3.05) is 7.05 Å². The molecule has 1 aromatic carbocycles. The van der Waals surface area contributed by atoms with Crippen LogP contribution in [0, 0.1) is 0 Å². The molecule has 1 amide bonds. The Morgan fingerprint density at radius 2 is 2.05 bits per heavy atom. The van der Waals surface area contributed by atoms with E-state index in [1.54, 1.807) is 7.05 Å². The Morgan fingerprint density at radius 3 is 2.73 bits per heavy atom. The predicted octanol–water partition coefficient (Wildman–Crippen LogP) is 2.97. The summed E-state index contributed by atoms with van der Waals surface area (Å²) in [5.41, 5.74) is 0.379. The van der Waals surface area contributed by atoms with Gasteiger partial charge in [-0.25, -0.2) is 4.68 Å². The number of amides is 1. The molecule has 0 saturated carbocycles. The summed E-state index contributed by atoms with van der Waals surface area (Å²) in [6.07, 6.45) is 1.24. The Bertz CT molecular complexity index is 764. The van der Waals surface area contributed by atoms with E-state index in [2.05, 4.69) is 21.0 Å². The number of benzene rings is 1. The molecular formula is C14H12BrCl2N3O2. The number of carbonyl (C=O) groups is 1. The third-order valence-corrected chi connectivity index (χ3v) is 4.54. The van der Waals surface area contributed by atoms with Crippen LogP contribution in [0.5, 0.6) is 0 Å². The van der Waals surface area contributed by atoms with Gasteiger partial charge in [0, 0.05) is 18.1 Å². The Kier molecular flexibility index (Phi) is 5.61. The minimum Gasteiger partial charge on any atom is -0.340 e. The zero-order valence-electron chi connectivity index (χ0n) is 11.6. The Morgan fingerprint density at radius 1 is 1.36 bits per heavy atom. The van der Waals surface area contributed by atoms with Crippen LogP contribution in [0.4, 0.5) is 0 Å². The third-order valence-electron chi connectivity index (χ3n) is 3.02. The average molecular weight is 405 g/mol. The highest BCUT2D eigenvalue weighted by Crippen LogP contribution is 2.17. The van der Waals surface area contributed by atoms with Gasteiger partial charge >= 0.3 is 0 Å². The minimum atomic E-state index is -0.586. The Hall–Kier alpha value is -1.37. The van der Waals surface area contributed by atoms with E-state index in [1.807, 2.05) is 24.3 Å². The lowest BCUT2D eigenvalue weighted by molar-refractivity contribution is -0.131. The van der Waals surface area contributed by atoms with Crippen molar-refractivity contribution in [1.29, 1.82) is 0 Å². The maximum Gasteiger partial charge on any atom is 0.287 e. The van der Waals surface area contributed by atoms with Crippen molar-refractivity contribution >= 4 is 45.0 Å². The highest BCUT2D eigenvalue weighted by atomic mass is 79.9. The quantitative estimate of drug-likeness (QED) is 0.787. The molecule has 5 nitrogen and oxygen atoms in total. The van der Waals surface area contributed by atoms with Gasteiger partial charge in [-0.3, -0.25) is 9.59 Å². The molecule has 0 aliphatic rings. The number of hydrogen-bond acceptors (Lipinski definition) is 3. The highest BCUT2D eigenvalue weighted by Gasteiger charge is 2.15. The summed E-state index contributed by atoms with van der Waals surface area (Å²) in [6, 6.07) is 7.61. The number of hydrogen-bond donors (Lipinski definition) is 0. The van der Waals surface area contributed by atoms with E-state index in [1.165, 1.54) is 11.1 Å². The molecule has 0 spiro atoms. The van der Waals surface area contributed by atoms with Gasteiger partial charge in [0.2, 0.25) is 5.91 Å². The van der Waals surface area contributed by atoms with Crippen LogP contribution in [0.15, 0.2) is 39.7 Å². The number of likely N-dealkylation sites (N-methyl/N-ethyl adjacent to an activating group) is 1. The first-order valence-electron chi connectivity index (χ1n) is 6.28. The fourth-order valence-electron chi connectivity index (χ4n) is 1.78. The Labute approximate surface area is 145 Å². The SMILES string of the molecule is CN(Cc1ccccc1Br)C(=O)Cn1ncc(Cl)c(Cl)c1=O. The molecule has 0 aliphatic heterocycles. The molecule has 0 saturated heterocycles. The molecule has 116 valence electrons. The van der Waals surface area contributed by atoms with Gasteiger partial charge in [0.15, 0.2) is 0 Å². The van der Waals surface area contributed by atoms with Crippen molar-refractivity contribution in [2.45, 2.75) is 13.1 Å². The van der Waals surface area contributed by atoms with E-state index in [0.717, 1.165) is 14.7 Å². The van der Waals surface area contributed by atoms with Crippen molar-refractivity contribution in [3.63, 3.8) is 0 Å². The van der Waals surface area contributed by atoms with Crippen LogP contribution in [-0.4, -0.2) is 27.6 Å². The first-order valence-corrected chi connectivity index (χ1v) is 7.83. The lowest BCUT2D eigenvalue weighted by Crippen LogP contribution is -2.35. The molecule has 0 radical (unpaired) electrons. The van der Waals surface area contributed by atoms with Crippen molar-refractivity contribution in [3.8, 4) is 0 Å². The molecule has 0 atom stereocenters. The molecule has 0 aliphatic carbocycles. The summed E-state index contributed by atoms with van der Waals surface area (Å²) in [7, 11) is 1.66. The van der Waals surface area contributed by atoms with Gasteiger partial charge < -0.3 is 4.90 Å². The fourth-order valence-corrected chi connectivity index (χ4v) is 2.46. The molecule has 0 fully saturated rings. The lowest BCUT2D eigenvalue weighted by Gasteiger charge is -2.18. The zero-order valence-corrected chi connectivity index (χ0v) is 14.7. The molecule has 0 unspecified atom stereocenters. The standard InChI is InChI=1S/C14H12BrCl2N3O2/c1-19(7-9-4-2-3-5-10(9)15)12(21)8-20-14(22)13(17)11(16)6-18-20/h2-6H,7-8H2,1H3. The Balaban J connectivity index is 2.11. The van der Waals surface area contributed by atoms with E-state index in [9.17, 15) is 9.59 Å². The molecule has 1 heterocycles. The van der Waals surface area contributed by atoms with E-state index >= 15 is 0 Å². The number of carbonyl (C=O) groups excluding carboxylic acids is 1. The largest absolute Gasteiger partial charge is 0.340 e. The number of rotatable bonds is 4. The van der Waals surface area contributed by atoms with E-state index in [-0.39, 0.29) is 22.5 Å². The molecule has 0 N–H and O–H groups in total. The van der Waals surface area contributed by atoms with Gasteiger partial charge in [0.05, 0.1) is 11.2 Å². The summed E-state index contributed by atoms with van der Waals surface area (Å²) < 4.78 is 1.91. The molecule has 22 heavy (non-hydrogen) atoms. The molecule has 2 aromatic rings. The second-order valence-electron chi connectivity index (χ2n) is 4.61. The van der Waals surface area contributed by atoms with Gasteiger partial charge in [-0.2, -0.15) is 5.10 Å². The average Bonchev–Trinajstić information content (AvgIpc) is 2.50. The summed E-state index contributed by atoms with van der Waals surface area (Å²) in [6.45, 7) is 0.215. The fraction of sp³-hybridized carbons (Fsp3) is 0.214. The number of nitrogens with zero attached hydrogens (tertiary/aromatic N) is 3. The topological polar surface area (TPSA) is 55.2 Å². The molecular weight excluding hydrogens is 393 g/mol.